The molecule has 0 aliphatic carbocycles. The van der Waals surface area contributed by atoms with Crippen LogP contribution < -0.4 is 4.72 Å². The first kappa shape index (κ1) is 18.8. The number of hydrogen-bond acceptors (Lipinski definition) is 4. The zero-order valence-corrected chi connectivity index (χ0v) is 16.7. The molecule has 1 atom stereocenters. The van der Waals surface area contributed by atoms with Crippen LogP contribution in [0.3, 0.4) is 0 Å². The van der Waals surface area contributed by atoms with Crippen molar-refractivity contribution in [1.29, 1.82) is 0 Å². The van der Waals surface area contributed by atoms with Gasteiger partial charge in [0.15, 0.2) is 0 Å². The summed E-state index contributed by atoms with van der Waals surface area (Å²) in [5.74, 6) is 0. The summed E-state index contributed by atoms with van der Waals surface area (Å²) in [6.45, 7) is 6.55. The van der Waals surface area contributed by atoms with Crippen LogP contribution in [-0.2, 0) is 15.4 Å². The van der Waals surface area contributed by atoms with E-state index >= 15 is 0 Å². The predicted molar refractivity (Wildman–Crippen MR) is 105 cm³/mol. The minimum Gasteiger partial charge on any atom is -0.263 e. The second kappa shape index (κ2) is 7.34. The molecule has 3 aromatic rings. The van der Waals surface area contributed by atoms with Crippen molar-refractivity contribution in [2.24, 2.45) is 0 Å². The van der Waals surface area contributed by atoms with E-state index in [1.54, 1.807) is 34.3 Å². The smallest absolute Gasteiger partial charge is 0.240 e. The van der Waals surface area contributed by atoms with E-state index in [0.29, 0.717) is 0 Å². The molecule has 7 heteroatoms. The highest BCUT2D eigenvalue weighted by Crippen LogP contribution is 2.25. The number of hydrogen-bond donors (Lipinski definition) is 1. The Morgan fingerprint density at radius 3 is 2.42 bits per heavy atom. The van der Waals surface area contributed by atoms with E-state index < -0.39 is 10.0 Å². The Hall–Kier alpha value is -1.96. The summed E-state index contributed by atoms with van der Waals surface area (Å²) >= 11 is 1.58. The lowest BCUT2D eigenvalue weighted by molar-refractivity contribution is 0.511. The Morgan fingerprint density at radius 2 is 1.88 bits per heavy atom. The molecule has 3 rings (SSSR count). The van der Waals surface area contributed by atoms with Crippen LogP contribution in [0.5, 0.6) is 0 Å². The maximum Gasteiger partial charge on any atom is 0.240 e. The first-order valence-corrected chi connectivity index (χ1v) is 10.8. The molecule has 0 bridgehead atoms. The summed E-state index contributed by atoms with van der Waals surface area (Å²) in [6, 6.07) is 12.7. The third-order valence-electron chi connectivity index (χ3n) is 4.21. The normalized spacial score (nSPS) is 13.7. The molecule has 26 heavy (non-hydrogen) atoms. The molecular formula is C19H23N3O2S2. The Balaban J connectivity index is 1.78. The van der Waals surface area contributed by atoms with Crippen molar-refractivity contribution in [3.8, 4) is 0 Å². The maximum absolute atomic E-state index is 12.7. The number of thiophene rings is 1. The SMILES string of the molecule is CC(C)(C)c1ccc(S(=O)(=O)NCC(c2cccs2)n2cccn2)cc1. The molecule has 0 spiro atoms. The summed E-state index contributed by atoms with van der Waals surface area (Å²) in [6.07, 6.45) is 3.54. The Bertz CT molecular complexity index is 890. The van der Waals surface area contributed by atoms with Gasteiger partial charge in [-0.25, -0.2) is 13.1 Å². The second-order valence-electron chi connectivity index (χ2n) is 7.14. The highest BCUT2D eigenvalue weighted by atomic mass is 32.2. The molecule has 1 aromatic carbocycles. The molecular weight excluding hydrogens is 366 g/mol. The molecule has 138 valence electrons. The monoisotopic (exact) mass is 389 g/mol. The molecule has 0 saturated heterocycles. The van der Waals surface area contributed by atoms with Crippen LogP contribution in [0.1, 0.15) is 37.3 Å². The zero-order valence-electron chi connectivity index (χ0n) is 15.1. The van der Waals surface area contributed by atoms with Gasteiger partial charge in [-0.2, -0.15) is 5.10 Å². The van der Waals surface area contributed by atoms with E-state index in [-0.39, 0.29) is 22.9 Å². The summed E-state index contributed by atoms with van der Waals surface area (Å²) in [5.41, 5.74) is 1.09. The minimum absolute atomic E-state index is 0.0138. The van der Waals surface area contributed by atoms with Gasteiger partial charge in [0.25, 0.3) is 0 Å². The van der Waals surface area contributed by atoms with Crippen molar-refractivity contribution < 1.29 is 8.42 Å². The average molecular weight is 390 g/mol. The number of benzene rings is 1. The lowest BCUT2D eigenvalue weighted by atomic mass is 9.87. The molecule has 5 nitrogen and oxygen atoms in total. The second-order valence-corrected chi connectivity index (χ2v) is 9.89. The lowest BCUT2D eigenvalue weighted by Gasteiger charge is -2.20. The molecule has 2 aromatic heterocycles. The van der Waals surface area contributed by atoms with Crippen LogP contribution in [0.4, 0.5) is 0 Å². The molecule has 1 unspecified atom stereocenters. The van der Waals surface area contributed by atoms with E-state index in [2.05, 4.69) is 30.6 Å². The lowest BCUT2D eigenvalue weighted by Crippen LogP contribution is -2.31. The van der Waals surface area contributed by atoms with Crippen LogP contribution in [-0.4, -0.2) is 24.7 Å². The molecule has 0 saturated carbocycles. The highest BCUT2D eigenvalue weighted by molar-refractivity contribution is 7.89. The van der Waals surface area contributed by atoms with Crippen molar-refractivity contribution in [1.82, 2.24) is 14.5 Å². The predicted octanol–water partition coefficient (Wildman–Crippen LogP) is 3.81. The van der Waals surface area contributed by atoms with Crippen LogP contribution in [0.2, 0.25) is 0 Å². The third-order valence-corrected chi connectivity index (χ3v) is 6.63. The van der Waals surface area contributed by atoms with Crippen molar-refractivity contribution >= 4 is 21.4 Å². The fourth-order valence-corrected chi connectivity index (χ4v) is 4.53. The third kappa shape index (κ3) is 4.23. The van der Waals surface area contributed by atoms with E-state index in [0.717, 1.165) is 10.4 Å². The van der Waals surface area contributed by atoms with Gasteiger partial charge in [0, 0.05) is 23.8 Å². The van der Waals surface area contributed by atoms with Gasteiger partial charge in [-0.3, -0.25) is 4.68 Å². The minimum atomic E-state index is -3.59. The zero-order chi connectivity index (χ0) is 18.8. The van der Waals surface area contributed by atoms with Crippen LogP contribution in [0.25, 0.3) is 0 Å². The van der Waals surface area contributed by atoms with E-state index in [1.807, 2.05) is 41.9 Å². The van der Waals surface area contributed by atoms with E-state index in [4.69, 9.17) is 0 Å². The van der Waals surface area contributed by atoms with Crippen molar-refractivity contribution in [3.63, 3.8) is 0 Å². The van der Waals surface area contributed by atoms with Gasteiger partial charge in [0.1, 0.15) is 0 Å². The van der Waals surface area contributed by atoms with Crippen LogP contribution >= 0.6 is 11.3 Å². The van der Waals surface area contributed by atoms with Gasteiger partial charge in [-0.05, 0) is 40.6 Å². The fourth-order valence-electron chi connectivity index (χ4n) is 2.68. The largest absolute Gasteiger partial charge is 0.263 e. The number of aromatic nitrogens is 2. The fraction of sp³-hybridized carbons (Fsp3) is 0.316. The van der Waals surface area contributed by atoms with Gasteiger partial charge < -0.3 is 0 Å². The highest BCUT2D eigenvalue weighted by Gasteiger charge is 2.21. The van der Waals surface area contributed by atoms with Crippen molar-refractivity contribution in [2.45, 2.75) is 37.1 Å². The van der Waals surface area contributed by atoms with Crippen LogP contribution in [0.15, 0.2) is 65.1 Å². The number of sulfonamides is 1. The molecule has 0 aliphatic heterocycles. The van der Waals surface area contributed by atoms with Crippen LogP contribution in [0, 0.1) is 0 Å². The number of nitrogens with zero attached hydrogens (tertiary/aromatic N) is 2. The summed E-state index contributed by atoms with van der Waals surface area (Å²) in [7, 11) is -3.59. The Morgan fingerprint density at radius 1 is 1.15 bits per heavy atom. The molecule has 2 heterocycles. The van der Waals surface area contributed by atoms with Gasteiger partial charge in [-0.15, -0.1) is 11.3 Å². The first-order chi connectivity index (χ1) is 12.3. The summed E-state index contributed by atoms with van der Waals surface area (Å²) < 4.78 is 29.9. The van der Waals surface area contributed by atoms with Gasteiger partial charge in [-0.1, -0.05) is 39.0 Å². The first-order valence-electron chi connectivity index (χ1n) is 8.40. The van der Waals surface area contributed by atoms with E-state index in [9.17, 15) is 8.42 Å². The Kier molecular flexibility index (Phi) is 5.32. The van der Waals surface area contributed by atoms with Gasteiger partial charge >= 0.3 is 0 Å². The molecule has 0 fully saturated rings. The molecule has 0 aliphatic rings. The van der Waals surface area contributed by atoms with E-state index in [1.165, 1.54) is 0 Å². The standard InChI is InChI=1S/C19H23N3O2S2/c1-19(2,3)15-7-9-16(10-8-15)26(23,24)21-14-17(18-6-4-13-25-18)22-12-5-11-20-22/h4-13,17,21H,14H2,1-3H3. The quantitative estimate of drug-likeness (QED) is 0.697. The number of nitrogens with one attached hydrogen (secondary N) is 1. The summed E-state index contributed by atoms with van der Waals surface area (Å²) in [4.78, 5) is 1.33. The molecule has 0 amide bonds. The number of rotatable bonds is 6. The van der Waals surface area contributed by atoms with Gasteiger partial charge in [0.2, 0.25) is 10.0 Å². The summed E-state index contributed by atoms with van der Waals surface area (Å²) in [5, 5.41) is 6.25. The molecule has 1 N–H and O–H groups in total. The van der Waals surface area contributed by atoms with Gasteiger partial charge in [0.05, 0.1) is 10.9 Å². The molecule has 0 radical (unpaired) electrons. The average Bonchev–Trinajstić information content (AvgIpc) is 3.28. The maximum atomic E-state index is 12.7. The Labute approximate surface area is 158 Å². The van der Waals surface area contributed by atoms with Crippen molar-refractivity contribution in [3.05, 3.63) is 70.7 Å². The topological polar surface area (TPSA) is 64.0 Å². The van der Waals surface area contributed by atoms with Crippen molar-refractivity contribution in [2.75, 3.05) is 6.54 Å².